The van der Waals surface area contributed by atoms with E-state index >= 15 is 4.39 Å². The Kier molecular flexibility index (Phi) is 14.7. The third-order valence-corrected chi connectivity index (χ3v) is 9.87. The van der Waals surface area contributed by atoms with Gasteiger partial charge in [0.25, 0.3) is 0 Å². The molecule has 2 aromatic carbocycles. The van der Waals surface area contributed by atoms with E-state index in [0.29, 0.717) is 25.1 Å². The van der Waals surface area contributed by atoms with Gasteiger partial charge in [-0.25, -0.2) is 13.6 Å². The number of halogens is 2. The van der Waals surface area contributed by atoms with E-state index in [-0.39, 0.29) is 36.1 Å². The number of carboxylic acid groups (broad SMARTS) is 1. The molecule has 0 spiro atoms. The van der Waals surface area contributed by atoms with Crippen molar-refractivity contribution in [2.75, 3.05) is 31.2 Å². The molecule has 0 aliphatic heterocycles. The fraction of sp³-hybridized carbons (Fsp3) is 0.457. The second-order valence-electron chi connectivity index (χ2n) is 13.1. The van der Waals surface area contributed by atoms with Crippen molar-refractivity contribution < 1.29 is 33.0 Å². The molecule has 0 fully saturated rings. The molecule has 9 nitrogen and oxygen atoms in total. The zero-order chi connectivity index (χ0) is 35.4. The molecule has 0 bridgehead atoms. The lowest BCUT2D eigenvalue weighted by atomic mass is 9.83. The number of alkyl carbamates (subject to hydrolysis) is 1. The van der Waals surface area contributed by atoms with Crippen LogP contribution in [-0.2, 0) is 20.9 Å². The van der Waals surface area contributed by atoms with Gasteiger partial charge >= 0.3 is 12.1 Å². The molecule has 48 heavy (non-hydrogen) atoms. The molecule has 3 aromatic rings. The summed E-state index contributed by atoms with van der Waals surface area (Å²) in [5, 5.41) is 12.0. The first-order valence-corrected chi connectivity index (χ1v) is 19.8. The minimum absolute atomic E-state index is 0.0220. The van der Waals surface area contributed by atoms with Crippen LogP contribution in [-0.4, -0.2) is 78.6 Å². The van der Waals surface area contributed by atoms with E-state index in [1.807, 2.05) is 55.7 Å². The lowest BCUT2D eigenvalue weighted by Crippen LogP contribution is -2.44. The Balaban J connectivity index is 2.00. The molecule has 3 rings (SSSR count). The molecular weight excluding hydrogens is 655 g/mol. The first kappa shape index (κ1) is 38.8. The second kappa shape index (κ2) is 18.2. The van der Waals surface area contributed by atoms with Crippen LogP contribution in [0.25, 0.3) is 11.1 Å². The number of benzene rings is 2. The molecule has 13 heteroatoms. The predicted octanol–water partition coefficient (Wildman–Crippen LogP) is 6.41. The molecule has 2 atom stereocenters. The van der Waals surface area contributed by atoms with Gasteiger partial charge < -0.3 is 30.4 Å². The Morgan fingerprint density at radius 3 is 2.46 bits per heavy atom. The molecule has 0 aliphatic rings. The summed E-state index contributed by atoms with van der Waals surface area (Å²) in [4.78, 5) is 39.3. The van der Waals surface area contributed by atoms with Crippen molar-refractivity contribution in [3.05, 3.63) is 83.7 Å². The number of thioether (sulfide) groups is 1. The number of carbonyl (C=O) groups excluding carboxylic acids is 2. The van der Waals surface area contributed by atoms with Crippen LogP contribution >= 0.6 is 11.8 Å². The van der Waals surface area contributed by atoms with Crippen molar-refractivity contribution in [3.8, 4) is 11.1 Å². The topological polar surface area (TPSA) is 127 Å². The van der Waals surface area contributed by atoms with Gasteiger partial charge in [0.1, 0.15) is 17.7 Å². The largest absolute Gasteiger partial charge is 0.480 e. The van der Waals surface area contributed by atoms with Crippen LogP contribution in [0.4, 0.5) is 13.6 Å². The summed E-state index contributed by atoms with van der Waals surface area (Å²) in [5.41, 5.74) is 7.42. The van der Waals surface area contributed by atoms with Gasteiger partial charge in [-0.05, 0) is 47.7 Å². The van der Waals surface area contributed by atoms with E-state index in [1.165, 1.54) is 0 Å². The van der Waals surface area contributed by atoms with E-state index in [9.17, 15) is 23.9 Å². The van der Waals surface area contributed by atoms with E-state index in [0.717, 1.165) is 47.3 Å². The molecule has 2 amide bonds. The van der Waals surface area contributed by atoms with Gasteiger partial charge in [0.15, 0.2) is 0 Å². The van der Waals surface area contributed by atoms with Crippen LogP contribution in [0.5, 0.6) is 0 Å². The molecule has 0 saturated carbocycles. The van der Waals surface area contributed by atoms with Crippen LogP contribution in [0.1, 0.15) is 44.5 Å². The van der Waals surface area contributed by atoms with Crippen molar-refractivity contribution in [2.45, 2.75) is 65.0 Å². The summed E-state index contributed by atoms with van der Waals surface area (Å²) < 4.78 is 36.6. The monoisotopic (exact) mass is 701 g/mol. The molecule has 1 heterocycles. The number of hydrogen-bond donors (Lipinski definition) is 3. The van der Waals surface area contributed by atoms with Crippen molar-refractivity contribution in [2.24, 2.45) is 11.1 Å². The van der Waals surface area contributed by atoms with Crippen molar-refractivity contribution in [1.82, 2.24) is 14.8 Å². The van der Waals surface area contributed by atoms with E-state index < -0.39 is 50.0 Å². The average molecular weight is 702 g/mol. The summed E-state index contributed by atoms with van der Waals surface area (Å²) in [6.07, 6.45) is 1.67. The van der Waals surface area contributed by atoms with E-state index in [2.05, 4.69) is 18.4 Å². The molecule has 261 valence electrons. The molecule has 0 saturated heterocycles. The van der Waals surface area contributed by atoms with Crippen LogP contribution in [0.15, 0.2) is 60.8 Å². The number of nitrogens with zero attached hydrogens (tertiary/aromatic N) is 2. The first-order chi connectivity index (χ1) is 22.7. The highest BCUT2D eigenvalue weighted by Gasteiger charge is 2.37. The standard InChI is InChI=1S/C35H47F2N4O5SSi/c1-35(2,3)32(30-18-25(27-19-26(36)12-13-28(27)37)21-40(30)20-24-10-7-6-8-11-24)41(31(42)23-47-22-29(38)33(43)44)15-9-14-39-34(45)46-16-17-48(4)5/h6-8,10-13,18-19,21,29,32H,9,14-17,20,22-23,38H2,1-5H3,(H,39,45)(H,43,44)/t29?,32-/m0/s1. The van der Waals surface area contributed by atoms with Crippen molar-refractivity contribution in [3.63, 3.8) is 0 Å². The maximum Gasteiger partial charge on any atom is 0.407 e. The quantitative estimate of drug-likeness (QED) is 0.110. The lowest BCUT2D eigenvalue weighted by Gasteiger charge is -2.41. The molecule has 1 aromatic heterocycles. The summed E-state index contributed by atoms with van der Waals surface area (Å²) >= 11 is 1.13. The van der Waals surface area contributed by atoms with Crippen molar-refractivity contribution in [1.29, 1.82) is 0 Å². The zero-order valence-electron chi connectivity index (χ0n) is 28.3. The Hall–Kier alpha value is -3.68. The number of aliphatic carboxylic acids is 1. The average Bonchev–Trinajstić information content (AvgIpc) is 3.41. The normalized spacial score (nSPS) is 12.9. The van der Waals surface area contributed by atoms with Crippen molar-refractivity contribution >= 4 is 38.5 Å². The van der Waals surface area contributed by atoms with Crippen LogP contribution in [0.3, 0.4) is 0 Å². The SMILES string of the molecule is C[Si](C)CCOC(=O)NCCCN(C(=O)CSCC(N)C(=O)O)[C@@H](c1cc(-c2cc(F)ccc2F)cn1Cc1ccccc1)C(C)(C)C. The third kappa shape index (κ3) is 11.8. The number of aromatic nitrogens is 1. The van der Waals surface area contributed by atoms with E-state index in [1.54, 1.807) is 17.2 Å². The predicted molar refractivity (Wildman–Crippen MR) is 188 cm³/mol. The fourth-order valence-corrected chi connectivity index (χ4v) is 6.64. The Morgan fingerprint density at radius 2 is 1.81 bits per heavy atom. The van der Waals surface area contributed by atoms with Gasteiger partial charge in [0.05, 0.1) is 18.4 Å². The number of ether oxygens (including phenoxy) is 1. The maximum absolute atomic E-state index is 15.1. The highest BCUT2D eigenvalue weighted by atomic mass is 32.2. The summed E-state index contributed by atoms with van der Waals surface area (Å²) in [7, 11) is -0.519. The van der Waals surface area contributed by atoms with E-state index in [4.69, 9.17) is 10.5 Å². The van der Waals surface area contributed by atoms with Gasteiger partial charge in [-0.1, -0.05) is 64.2 Å². The Labute approximate surface area is 287 Å². The van der Waals surface area contributed by atoms with Gasteiger partial charge in [-0.3, -0.25) is 9.59 Å². The highest BCUT2D eigenvalue weighted by Crippen LogP contribution is 2.41. The number of rotatable bonds is 17. The number of carboxylic acids is 1. The Morgan fingerprint density at radius 1 is 1.10 bits per heavy atom. The smallest absolute Gasteiger partial charge is 0.407 e. The number of hydrogen-bond acceptors (Lipinski definition) is 6. The van der Waals surface area contributed by atoms with Crippen LogP contribution in [0.2, 0.25) is 19.1 Å². The molecular formula is C35H47F2N4O5SSi. The number of nitrogens with one attached hydrogen (secondary N) is 1. The summed E-state index contributed by atoms with van der Waals surface area (Å²) in [6, 6.07) is 14.0. The van der Waals surface area contributed by atoms with Gasteiger partial charge in [-0.15, -0.1) is 11.8 Å². The molecule has 1 radical (unpaired) electrons. The zero-order valence-corrected chi connectivity index (χ0v) is 30.1. The lowest BCUT2D eigenvalue weighted by molar-refractivity contribution is -0.138. The first-order valence-electron chi connectivity index (χ1n) is 15.9. The third-order valence-electron chi connectivity index (χ3n) is 7.62. The van der Waals surface area contributed by atoms with Gasteiger partial charge in [0, 0.05) is 57.2 Å². The molecule has 1 unspecified atom stereocenters. The number of amides is 2. The minimum atomic E-state index is -1.15. The molecule has 4 N–H and O–H groups in total. The van der Waals surface area contributed by atoms with Crippen LogP contribution in [0, 0.1) is 17.0 Å². The number of nitrogens with two attached hydrogens (primary N) is 1. The maximum atomic E-state index is 15.1. The summed E-state index contributed by atoms with van der Waals surface area (Å²) in [6.45, 7) is 11.6. The molecule has 0 aliphatic carbocycles. The van der Waals surface area contributed by atoms with Crippen LogP contribution < -0.4 is 11.1 Å². The van der Waals surface area contributed by atoms with Gasteiger partial charge in [-0.2, -0.15) is 0 Å². The minimum Gasteiger partial charge on any atom is -0.480 e. The Bertz CT molecular complexity index is 1520. The second-order valence-corrected chi connectivity index (χ2v) is 17.0. The number of carbonyl (C=O) groups is 3. The summed E-state index contributed by atoms with van der Waals surface area (Å²) in [5.74, 6) is -2.50. The highest BCUT2D eigenvalue weighted by molar-refractivity contribution is 8.00. The van der Waals surface area contributed by atoms with Gasteiger partial charge in [0.2, 0.25) is 5.91 Å². The fourth-order valence-electron chi connectivity index (χ4n) is 5.28.